The Bertz CT molecular complexity index is 769. The molecule has 0 radical (unpaired) electrons. The molecule has 2 rings (SSSR count). The lowest BCUT2D eigenvalue weighted by Crippen LogP contribution is -2.11. The molecule has 0 fully saturated rings. The summed E-state index contributed by atoms with van der Waals surface area (Å²) in [6.45, 7) is 3.38. The van der Waals surface area contributed by atoms with Crippen LogP contribution < -0.4 is 5.32 Å². The highest BCUT2D eigenvalue weighted by atomic mass is 32.2. The summed E-state index contributed by atoms with van der Waals surface area (Å²) >= 11 is 0. The van der Waals surface area contributed by atoms with E-state index >= 15 is 0 Å². The van der Waals surface area contributed by atoms with Gasteiger partial charge in [0.25, 0.3) is 10.0 Å². The van der Waals surface area contributed by atoms with Crippen LogP contribution in [0.15, 0.2) is 57.8 Å². The summed E-state index contributed by atoms with van der Waals surface area (Å²) in [6, 6.07) is 12.8. The molecule has 2 aromatic carbocycles. The van der Waals surface area contributed by atoms with Crippen molar-refractivity contribution in [3.63, 3.8) is 0 Å². The average Bonchev–Trinajstić information content (AvgIpc) is 2.42. The van der Waals surface area contributed by atoms with Gasteiger partial charge in [-0.15, -0.1) is 4.40 Å². The number of amidine groups is 1. The van der Waals surface area contributed by atoms with Gasteiger partial charge in [-0.3, -0.25) is 0 Å². The number of benzene rings is 2. The Hall–Kier alpha value is -2.34. The van der Waals surface area contributed by atoms with E-state index in [1.54, 1.807) is 44.2 Å². The van der Waals surface area contributed by atoms with Gasteiger partial charge in [-0.25, -0.2) is 0 Å². The van der Waals surface area contributed by atoms with E-state index < -0.39 is 10.0 Å². The summed E-state index contributed by atoms with van der Waals surface area (Å²) in [6.07, 6.45) is 0. The van der Waals surface area contributed by atoms with Crippen LogP contribution in [0, 0.1) is 6.92 Å². The highest BCUT2D eigenvalue weighted by Gasteiger charge is 2.12. The Morgan fingerprint density at radius 2 is 1.81 bits per heavy atom. The fourth-order valence-corrected chi connectivity index (χ4v) is 2.84. The molecular weight excluding hydrogens is 288 g/mol. The minimum atomic E-state index is -3.72. The first-order valence-corrected chi connectivity index (χ1v) is 7.76. The molecule has 0 heterocycles. The van der Waals surface area contributed by atoms with Gasteiger partial charge in [0.15, 0.2) is 0 Å². The molecule has 6 heteroatoms. The third kappa shape index (κ3) is 3.82. The van der Waals surface area contributed by atoms with Crippen molar-refractivity contribution < 1.29 is 13.5 Å². The molecule has 0 unspecified atom stereocenters. The molecule has 0 atom stereocenters. The van der Waals surface area contributed by atoms with E-state index in [2.05, 4.69) is 9.71 Å². The van der Waals surface area contributed by atoms with Crippen molar-refractivity contribution in [2.75, 3.05) is 5.32 Å². The molecule has 0 saturated heterocycles. The lowest BCUT2D eigenvalue weighted by Gasteiger charge is -2.09. The molecular formula is C15H16N2O3S. The molecule has 21 heavy (non-hydrogen) atoms. The largest absolute Gasteiger partial charge is 0.508 e. The number of aromatic hydroxyl groups is 1. The SMILES string of the molecule is CC(=NS(=O)(=O)c1ccccc1)Nc1ccc(O)cc1C. The number of sulfonamides is 1. The second-order valence-electron chi connectivity index (χ2n) is 4.59. The van der Waals surface area contributed by atoms with Crippen molar-refractivity contribution in [1.82, 2.24) is 0 Å². The Labute approximate surface area is 124 Å². The molecule has 2 aromatic rings. The first-order valence-electron chi connectivity index (χ1n) is 6.32. The van der Waals surface area contributed by atoms with Gasteiger partial charge in [-0.1, -0.05) is 18.2 Å². The number of phenols is 1. The topological polar surface area (TPSA) is 78.8 Å². The molecule has 110 valence electrons. The molecule has 0 amide bonds. The van der Waals surface area contributed by atoms with Gasteiger partial charge >= 0.3 is 0 Å². The second-order valence-corrected chi connectivity index (χ2v) is 6.19. The van der Waals surface area contributed by atoms with Crippen LogP contribution in [0.25, 0.3) is 0 Å². The van der Waals surface area contributed by atoms with Gasteiger partial charge < -0.3 is 10.4 Å². The van der Waals surface area contributed by atoms with Crippen molar-refractivity contribution in [3.8, 4) is 5.75 Å². The Balaban J connectivity index is 2.25. The van der Waals surface area contributed by atoms with Crippen LogP contribution in [-0.4, -0.2) is 19.4 Å². The zero-order chi connectivity index (χ0) is 15.5. The molecule has 0 aromatic heterocycles. The van der Waals surface area contributed by atoms with E-state index in [-0.39, 0.29) is 16.5 Å². The van der Waals surface area contributed by atoms with Crippen molar-refractivity contribution >= 4 is 21.5 Å². The van der Waals surface area contributed by atoms with Gasteiger partial charge in [0.1, 0.15) is 11.6 Å². The first-order chi connectivity index (χ1) is 9.88. The Morgan fingerprint density at radius 1 is 1.14 bits per heavy atom. The fraction of sp³-hybridized carbons (Fsp3) is 0.133. The van der Waals surface area contributed by atoms with Crippen LogP contribution in [0.5, 0.6) is 5.75 Å². The predicted octanol–water partition coefficient (Wildman–Crippen LogP) is 2.92. The van der Waals surface area contributed by atoms with E-state index in [0.29, 0.717) is 5.69 Å². The van der Waals surface area contributed by atoms with E-state index in [4.69, 9.17) is 0 Å². The van der Waals surface area contributed by atoms with Crippen LogP contribution in [0.4, 0.5) is 5.69 Å². The Kier molecular flexibility index (Phi) is 4.28. The van der Waals surface area contributed by atoms with Gasteiger partial charge in [0, 0.05) is 5.69 Å². The first kappa shape index (κ1) is 15.1. The van der Waals surface area contributed by atoms with Gasteiger partial charge in [-0.05, 0) is 49.7 Å². The van der Waals surface area contributed by atoms with Crippen molar-refractivity contribution in [3.05, 3.63) is 54.1 Å². The highest BCUT2D eigenvalue weighted by molar-refractivity contribution is 7.90. The third-order valence-electron chi connectivity index (χ3n) is 2.82. The maximum atomic E-state index is 12.1. The monoisotopic (exact) mass is 304 g/mol. The minimum absolute atomic E-state index is 0.147. The van der Waals surface area contributed by atoms with Gasteiger partial charge in [0.2, 0.25) is 0 Å². The van der Waals surface area contributed by atoms with Crippen LogP contribution in [0.1, 0.15) is 12.5 Å². The summed E-state index contributed by atoms with van der Waals surface area (Å²) in [5.74, 6) is 0.414. The molecule has 0 aliphatic heterocycles. The highest BCUT2D eigenvalue weighted by Crippen LogP contribution is 2.20. The van der Waals surface area contributed by atoms with Crippen LogP contribution in [-0.2, 0) is 10.0 Å². The van der Waals surface area contributed by atoms with Crippen LogP contribution in [0.2, 0.25) is 0 Å². The van der Waals surface area contributed by atoms with Gasteiger partial charge in [-0.2, -0.15) is 8.42 Å². The van der Waals surface area contributed by atoms with Crippen molar-refractivity contribution in [2.24, 2.45) is 4.40 Å². The van der Waals surface area contributed by atoms with Gasteiger partial charge in [0.05, 0.1) is 4.90 Å². The molecule has 0 aliphatic carbocycles. The maximum absolute atomic E-state index is 12.1. The molecule has 5 nitrogen and oxygen atoms in total. The van der Waals surface area contributed by atoms with Crippen molar-refractivity contribution in [2.45, 2.75) is 18.7 Å². The summed E-state index contributed by atoms with van der Waals surface area (Å²) in [7, 11) is -3.72. The predicted molar refractivity (Wildman–Crippen MR) is 83.2 cm³/mol. The van der Waals surface area contributed by atoms with Crippen LogP contribution in [0.3, 0.4) is 0 Å². The lowest BCUT2D eigenvalue weighted by molar-refractivity contribution is 0.475. The minimum Gasteiger partial charge on any atom is -0.508 e. The van der Waals surface area contributed by atoms with E-state index in [1.807, 2.05) is 0 Å². The fourth-order valence-electron chi connectivity index (χ4n) is 1.83. The molecule has 0 bridgehead atoms. The lowest BCUT2D eigenvalue weighted by atomic mass is 10.2. The number of rotatable bonds is 3. The van der Waals surface area contributed by atoms with E-state index in [0.717, 1.165) is 5.56 Å². The number of hydrogen-bond donors (Lipinski definition) is 2. The maximum Gasteiger partial charge on any atom is 0.283 e. The van der Waals surface area contributed by atoms with Crippen molar-refractivity contribution in [1.29, 1.82) is 0 Å². The molecule has 2 N–H and O–H groups in total. The summed E-state index contributed by atoms with van der Waals surface area (Å²) in [4.78, 5) is 0.147. The van der Waals surface area contributed by atoms with Crippen LogP contribution >= 0.6 is 0 Å². The molecule has 0 saturated carbocycles. The third-order valence-corrected chi connectivity index (χ3v) is 4.21. The van der Waals surface area contributed by atoms with E-state index in [1.165, 1.54) is 18.2 Å². The number of aryl methyl sites for hydroxylation is 1. The second kappa shape index (κ2) is 5.97. The molecule has 0 aliphatic rings. The average molecular weight is 304 g/mol. The normalized spacial score (nSPS) is 12.2. The number of nitrogens with zero attached hydrogens (tertiary/aromatic N) is 1. The van der Waals surface area contributed by atoms with E-state index in [9.17, 15) is 13.5 Å². The number of phenolic OH excluding ortho intramolecular Hbond substituents is 1. The number of hydrogen-bond acceptors (Lipinski definition) is 3. The summed E-state index contributed by atoms with van der Waals surface area (Å²) in [5.41, 5.74) is 1.49. The molecule has 0 spiro atoms. The number of nitrogens with one attached hydrogen (secondary N) is 1. The standard InChI is InChI=1S/C15H16N2O3S/c1-11-10-13(18)8-9-15(11)16-12(2)17-21(19,20)14-6-4-3-5-7-14/h3-10,18H,1-2H3,(H,16,17). The zero-order valence-electron chi connectivity index (χ0n) is 11.7. The Morgan fingerprint density at radius 3 is 2.43 bits per heavy atom. The summed E-state index contributed by atoms with van der Waals surface area (Å²) < 4.78 is 28.0. The summed E-state index contributed by atoms with van der Waals surface area (Å²) in [5, 5.41) is 12.3. The zero-order valence-corrected chi connectivity index (χ0v) is 12.6. The number of anilines is 1. The smallest absolute Gasteiger partial charge is 0.283 e. The quantitative estimate of drug-likeness (QED) is 0.519.